The topological polar surface area (TPSA) is 82.2 Å². The first-order valence-electron chi connectivity index (χ1n) is 10.2. The molecule has 2 aromatic heterocycles. The van der Waals surface area contributed by atoms with Gasteiger partial charge in [0.2, 0.25) is 5.91 Å². The van der Waals surface area contributed by atoms with Gasteiger partial charge >= 0.3 is 0 Å². The second-order valence-corrected chi connectivity index (χ2v) is 7.99. The molecule has 154 valence electrons. The highest BCUT2D eigenvalue weighted by Gasteiger charge is 2.53. The van der Waals surface area contributed by atoms with Gasteiger partial charge in [-0.2, -0.15) is 5.10 Å². The molecule has 1 aromatic carbocycles. The van der Waals surface area contributed by atoms with Crippen molar-refractivity contribution in [2.24, 2.45) is 0 Å². The van der Waals surface area contributed by atoms with Gasteiger partial charge in [-0.3, -0.25) is 14.7 Å². The van der Waals surface area contributed by atoms with Gasteiger partial charge in [0.1, 0.15) is 17.0 Å². The van der Waals surface area contributed by atoms with Crippen molar-refractivity contribution in [3.63, 3.8) is 0 Å². The molecule has 4 heterocycles. The number of nitrogens with zero attached hydrogens (tertiary/aromatic N) is 4. The molecule has 30 heavy (non-hydrogen) atoms. The van der Waals surface area contributed by atoms with E-state index in [2.05, 4.69) is 15.2 Å². The van der Waals surface area contributed by atoms with Crippen molar-refractivity contribution < 1.29 is 14.0 Å². The molecule has 1 saturated heterocycles. The largest absolute Gasteiger partial charge is 0.337 e. The molecule has 1 spiro atoms. The van der Waals surface area contributed by atoms with Crippen LogP contribution in [0.5, 0.6) is 0 Å². The molecule has 5 rings (SSSR count). The maximum absolute atomic E-state index is 14.4. The summed E-state index contributed by atoms with van der Waals surface area (Å²) in [6.07, 6.45) is 2.53. The van der Waals surface area contributed by atoms with Gasteiger partial charge in [0.15, 0.2) is 0 Å². The SMILES string of the molecule is CCN1C(=O)C2(CCN(C(=O)c3ccc4[nH]ncc4n3)CC2)c2c1ccc(F)c2C. The molecule has 3 aromatic rings. The fourth-order valence-electron chi connectivity index (χ4n) is 4.96. The first kappa shape index (κ1) is 18.7. The number of aromatic nitrogens is 3. The van der Waals surface area contributed by atoms with Gasteiger partial charge in [0, 0.05) is 25.3 Å². The number of piperidine rings is 1. The molecule has 0 unspecified atom stereocenters. The number of likely N-dealkylation sites (N-methyl/N-ethyl adjacent to an activating group) is 1. The Morgan fingerprint density at radius 3 is 2.73 bits per heavy atom. The molecule has 0 aliphatic carbocycles. The maximum atomic E-state index is 14.4. The Kier molecular flexibility index (Phi) is 4.13. The van der Waals surface area contributed by atoms with Crippen LogP contribution in [0.1, 0.15) is 41.4 Å². The van der Waals surface area contributed by atoms with Crippen molar-refractivity contribution in [2.45, 2.75) is 32.1 Å². The van der Waals surface area contributed by atoms with Gasteiger partial charge in [-0.25, -0.2) is 9.37 Å². The van der Waals surface area contributed by atoms with Crippen molar-refractivity contribution in [3.05, 3.63) is 53.1 Å². The minimum absolute atomic E-state index is 0.0127. The van der Waals surface area contributed by atoms with E-state index < -0.39 is 5.41 Å². The Balaban J connectivity index is 1.44. The molecule has 0 radical (unpaired) electrons. The second-order valence-electron chi connectivity index (χ2n) is 7.99. The van der Waals surface area contributed by atoms with E-state index in [-0.39, 0.29) is 17.6 Å². The second kappa shape index (κ2) is 6.62. The van der Waals surface area contributed by atoms with Gasteiger partial charge in [-0.05, 0) is 62.1 Å². The van der Waals surface area contributed by atoms with Crippen LogP contribution < -0.4 is 4.90 Å². The molecular formula is C22H22FN5O2. The number of anilines is 1. The monoisotopic (exact) mass is 407 g/mol. The number of fused-ring (bicyclic) bond motifs is 3. The van der Waals surface area contributed by atoms with E-state index >= 15 is 0 Å². The van der Waals surface area contributed by atoms with E-state index in [1.165, 1.54) is 6.07 Å². The first-order chi connectivity index (χ1) is 14.5. The minimum Gasteiger partial charge on any atom is -0.337 e. The zero-order valence-corrected chi connectivity index (χ0v) is 16.9. The maximum Gasteiger partial charge on any atom is 0.272 e. The molecule has 7 nitrogen and oxygen atoms in total. The highest BCUT2D eigenvalue weighted by Crippen LogP contribution is 2.49. The number of aromatic amines is 1. The highest BCUT2D eigenvalue weighted by atomic mass is 19.1. The van der Waals surface area contributed by atoms with Crippen LogP contribution in [-0.4, -0.2) is 51.5 Å². The standard InChI is InChI=1S/C22H22FN5O2/c1-3-28-18-7-4-14(23)13(2)19(18)22(21(28)30)8-10-27(11-9-22)20(29)16-6-5-15-17(25-16)12-24-26-15/h4-7,12H,3,8-11H2,1-2H3,(H,24,26). The number of hydrogen-bond acceptors (Lipinski definition) is 4. The average molecular weight is 407 g/mol. The number of carbonyl (C=O) groups excluding carboxylic acids is 2. The van der Waals surface area contributed by atoms with Gasteiger partial charge in [-0.15, -0.1) is 0 Å². The lowest BCUT2D eigenvalue weighted by atomic mass is 9.72. The van der Waals surface area contributed by atoms with Crippen LogP contribution in [0.4, 0.5) is 10.1 Å². The molecule has 0 saturated carbocycles. The molecule has 2 amide bonds. The van der Waals surface area contributed by atoms with Crippen LogP contribution in [0.2, 0.25) is 0 Å². The van der Waals surface area contributed by atoms with Gasteiger partial charge in [-0.1, -0.05) is 0 Å². The number of nitrogens with one attached hydrogen (secondary N) is 1. The summed E-state index contributed by atoms with van der Waals surface area (Å²) in [5, 5.41) is 6.76. The van der Waals surface area contributed by atoms with Crippen LogP contribution in [0.25, 0.3) is 11.0 Å². The summed E-state index contributed by atoms with van der Waals surface area (Å²) in [6, 6.07) is 6.60. The normalized spacial score (nSPS) is 17.8. The van der Waals surface area contributed by atoms with Crippen LogP contribution in [0, 0.1) is 12.7 Å². The van der Waals surface area contributed by atoms with Crippen molar-refractivity contribution in [1.82, 2.24) is 20.1 Å². The number of pyridine rings is 1. The summed E-state index contributed by atoms with van der Waals surface area (Å²) >= 11 is 0. The van der Waals surface area contributed by atoms with E-state index in [1.807, 2.05) is 6.92 Å². The van der Waals surface area contributed by atoms with Crippen LogP contribution in [0.15, 0.2) is 30.5 Å². The number of carbonyl (C=O) groups is 2. The van der Waals surface area contributed by atoms with Gasteiger partial charge in [0.05, 0.1) is 17.1 Å². The van der Waals surface area contributed by atoms with E-state index in [4.69, 9.17) is 0 Å². The number of halogens is 1. The third-order valence-electron chi connectivity index (χ3n) is 6.54. The third-order valence-corrected chi connectivity index (χ3v) is 6.54. The quantitative estimate of drug-likeness (QED) is 0.708. The Morgan fingerprint density at radius 1 is 1.23 bits per heavy atom. The lowest BCUT2D eigenvalue weighted by molar-refractivity contribution is -0.124. The average Bonchev–Trinajstić information content (AvgIpc) is 3.32. The molecule has 1 N–H and O–H groups in total. The van der Waals surface area contributed by atoms with Crippen molar-refractivity contribution in [1.29, 1.82) is 0 Å². The lowest BCUT2D eigenvalue weighted by Gasteiger charge is -2.38. The Hall–Kier alpha value is -3.29. The van der Waals surface area contributed by atoms with Crippen LogP contribution >= 0.6 is 0 Å². The van der Waals surface area contributed by atoms with Crippen molar-refractivity contribution >= 4 is 28.5 Å². The molecule has 2 aliphatic rings. The summed E-state index contributed by atoms with van der Waals surface area (Å²) in [6.45, 7) is 5.04. The Labute approximate surface area is 172 Å². The molecule has 1 fully saturated rings. The molecule has 2 aliphatic heterocycles. The van der Waals surface area contributed by atoms with Crippen LogP contribution in [-0.2, 0) is 10.2 Å². The minimum atomic E-state index is -0.768. The van der Waals surface area contributed by atoms with E-state index in [0.717, 1.165) is 16.8 Å². The molecule has 0 atom stereocenters. The third kappa shape index (κ3) is 2.49. The summed E-state index contributed by atoms with van der Waals surface area (Å²) in [5.74, 6) is -0.448. The highest BCUT2D eigenvalue weighted by molar-refractivity contribution is 6.09. The number of H-pyrrole nitrogens is 1. The fourth-order valence-corrected chi connectivity index (χ4v) is 4.96. The Morgan fingerprint density at radius 2 is 2.00 bits per heavy atom. The zero-order chi connectivity index (χ0) is 21.0. The van der Waals surface area contributed by atoms with Gasteiger partial charge in [0.25, 0.3) is 5.91 Å². The van der Waals surface area contributed by atoms with E-state index in [9.17, 15) is 14.0 Å². The zero-order valence-electron chi connectivity index (χ0n) is 16.9. The number of rotatable bonds is 2. The first-order valence-corrected chi connectivity index (χ1v) is 10.2. The lowest BCUT2D eigenvalue weighted by Crippen LogP contribution is -2.50. The number of hydrogen-bond donors (Lipinski definition) is 1. The number of amides is 2. The predicted octanol–water partition coefficient (Wildman–Crippen LogP) is 2.95. The fraction of sp³-hybridized carbons (Fsp3) is 0.364. The Bertz CT molecular complexity index is 1180. The molecule has 8 heteroatoms. The summed E-state index contributed by atoms with van der Waals surface area (Å²) in [4.78, 5) is 34.3. The summed E-state index contributed by atoms with van der Waals surface area (Å²) in [7, 11) is 0. The predicted molar refractivity (Wildman–Crippen MR) is 110 cm³/mol. The van der Waals surface area contributed by atoms with Crippen molar-refractivity contribution in [3.8, 4) is 0 Å². The molecular weight excluding hydrogens is 385 g/mol. The summed E-state index contributed by atoms with van der Waals surface area (Å²) < 4.78 is 14.4. The summed E-state index contributed by atoms with van der Waals surface area (Å²) in [5.41, 5.74) is 3.12. The molecule has 0 bridgehead atoms. The van der Waals surface area contributed by atoms with Crippen LogP contribution in [0.3, 0.4) is 0 Å². The van der Waals surface area contributed by atoms with E-state index in [1.54, 1.807) is 41.1 Å². The van der Waals surface area contributed by atoms with Crippen molar-refractivity contribution in [2.75, 3.05) is 24.5 Å². The van der Waals surface area contributed by atoms with Gasteiger partial charge < -0.3 is 9.80 Å². The smallest absolute Gasteiger partial charge is 0.272 e. The number of benzene rings is 1. The number of likely N-dealkylation sites (tertiary alicyclic amines) is 1. The van der Waals surface area contributed by atoms with E-state index in [0.29, 0.717) is 49.2 Å².